The van der Waals surface area contributed by atoms with Crippen LogP contribution in [-0.4, -0.2) is 46.8 Å². The summed E-state index contributed by atoms with van der Waals surface area (Å²) in [5.74, 6) is -1.14. The van der Waals surface area contributed by atoms with Gasteiger partial charge in [0.25, 0.3) is 0 Å². The molecule has 1 aromatic rings. The summed E-state index contributed by atoms with van der Waals surface area (Å²) < 4.78 is 5.19. The van der Waals surface area contributed by atoms with E-state index in [1.807, 2.05) is 19.1 Å². The van der Waals surface area contributed by atoms with Crippen molar-refractivity contribution in [3.63, 3.8) is 0 Å². The number of Topliss-reactive ketones (excluding diaryl/α,β-unsaturated/α-hetero) is 1. The van der Waals surface area contributed by atoms with Gasteiger partial charge in [0.05, 0.1) is 7.11 Å². The third-order valence-electron chi connectivity index (χ3n) is 6.36. The lowest BCUT2D eigenvalue weighted by Gasteiger charge is -2.26. The van der Waals surface area contributed by atoms with Crippen LogP contribution >= 0.6 is 0 Å². The Morgan fingerprint density at radius 3 is 2.27 bits per heavy atom. The zero-order chi connectivity index (χ0) is 24.4. The van der Waals surface area contributed by atoms with Crippen molar-refractivity contribution in [3.8, 4) is 5.75 Å². The van der Waals surface area contributed by atoms with Crippen molar-refractivity contribution in [2.24, 2.45) is 11.8 Å². The molecule has 2 rings (SSSR count). The lowest BCUT2D eigenvalue weighted by molar-refractivity contribution is -0.147. The van der Waals surface area contributed by atoms with E-state index in [0.29, 0.717) is 25.0 Å². The first-order valence-corrected chi connectivity index (χ1v) is 11.8. The molecule has 1 aliphatic rings. The highest BCUT2D eigenvalue weighted by atomic mass is 16.5. The number of ketones is 1. The summed E-state index contributed by atoms with van der Waals surface area (Å²) >= 11 is 0. The number of imide groups is 1. The standard InChI is InChI=1S/C25H36N2O6/c1-4-9-20-17(2)24(30)27(25(20)31)21(16-18-12-14-19(33-3)15-13-18)22(28)10-7-5-6-8-11-23(29)26-32/h12-15,17,20-21,32H,4-11,16H2,1-3H3,(H,26,29). The van der Waals surface area contributed by atoms with Crippen LogP contribution in [0.3, 0.4) is 0 Å². The van der Waals surface area contributed by atoms with E-state index in [0.717, 1.165) is 24.8 Å². The monoisotopic (exact) mass is 460 g/mol. The molecule has 1 saturated heterocycles. The van der Waals surface area contributed by atoms with E-state index in [-0.39, 0.29) is 42.8 Å². The fourth-order valence-electron chi connectivity index (χ4n) is 4.38. The average Bonchev–Trinajstić information content (AvgIpc) is 3.03. The van der Waals surface area contributed by atoms with Crippen molar-refractivity contribution in [3.05, 3.63) is 29.8 Å². The van der Waals surface area contributed by atoms with Crippen LogP contribution in [0.25, 0.3) is 0 Å². The quantitative estimate of drug-likeness (QED) is 0.190. The number of hydrogen-bond acceptors (Lipinski definition) is 6. The van der Waals surface area contributed by atoms with Crippen LogP contribution in [0, 0.1) is 11.8 Å². The van der Waals surface area contributed by atoms with E-state index in [9.17, 15) is 19.2 Å². The highest BCUT2D eigenvalue weighted by molar-refractivity contribution is 6.08. The number of carbonyl (C=O) groups excluding carboxylic acids is 4. The molecule has 0 aliphatic carbocycles. The minimum atomic E-state index is -0.817. The van der Waals surface area contributed by atoms with Gasteiger partial charge in [0, 0.05) is 31.1 Å². The topological polar surface area (TPSA) is 113 Å². The maximum absolute atomic E-state index is 13.2. The molecule has 0 saturated carbocycles. The summed E-state index contributed by atoms with van der Waals surface area (Å²) in [7, 11) is 1.58. The van der Waals surface area contributed by atoms with E-state index in [2.05, 4.69) is 0 Å². The van der Waals surface area contributed by atoms with Crippen molar-refractivity contribution < 1.29 is 29.1 Å². The molecule has 8 heteroatoms. The van der Waals surface area contributed by atoms with Crippen LogP contribution in [0.15, 0.2) is 24.3 Å². The average molecular weight is 461 g/mol. The smallest absolute Gasteiger partial charge is 0.243 e. The molecule has 1 fully saturated rings. The fourth-order valence-corrected chi connectivity index (χ4v) is 4.38. The molecule has 8 nitrogen and oxygen atoms in total. The number of nitrogens with zero attached hydrogens (tertiary/aromatic N) is 1. The Kier molecular flexibility index (Phi) is 10.5. The predicted molar refractivity (Wildman–Crippen MR) is 123 cm³/mol. The zero-order valence-electron chi connectivity index (χ0n) is 19.8. The van der Waals surface area contributed by atoms with Gasteiger partial charge in [-0.25, -0.2) is 5.48 Å². The van der Waals surface area contributed by atoms with Crippen molar-refractivity contribution in [1.29, 1.82) is 0 Å². The molecule has 0 radical (unpaired) electrons. The van der Waals surface area contributed by atoms with Crippen LogP contribution < -0.4 is 10.2 Å². The predicted octanol–water partition coefficient (Wildman–Crippen LogP) is 3.44. The summed E-state index contributed by atoms with van der Waals surface area (Å²) in [5.41, 5.74) is 2.46. The molecular formula is C25H36N2O6. The third-order valence-corrected chi connectivity index (χ3v) is 6.36. The van der Waals surface area contributed by atoms with Crippen LogP contribution in [0.4, 0.5) is 0 Å². The number of likely N-dealkylation sites (tertiary alicyclic amines) is 1. The van der Waals surface area contributed by atoms with Gasteiger partial charge in [0.2, 0.25) is 17.7 Å². The Hall–Kier alpha value is -2.74. The molecular weight excluding hydrogens is 424 g/mol. The molecule has 3 atom stereocenters. The number of hydroxylamine groups is 1. The number of ether oxygens (including phenoxy) is 1. The molecule has 33 heavy (non-hydrogen) atoms. The molecule has 0 spiro atoms. The van der Waals surface area contributed by atoms with Crippen molar-refractivity contribution in [2.45, 2.75) is 77.7 Å². The van der Waals surface area contributed by atoms with Gasteiger partial charge < -0.3 is 4.74 Å². The molecule has 0 aromatic heterocycles. The number of amides is 3. The Bertz CT molecular complexity index is 823. The number of methoxy groups -OCH3 is 1. The molecule has 182 valence electrons. The van der Waals surface area contributed by atoms with E-state index in [4.69, 9.17) is 9.94 Å². The fraction of sp³-hybridized carbons (Fsp3) is 0.600. The number of unbranched alkanes of at least 4 members (excludes halogenated alkanes) is 3. The summed E-state index contributed by atoms with van der Waals surface area (Å²) in [5, 5.41) is 8.53. The molecule has 0 bridgehead atoms. The van der Waals surface area contributed by atoms with Gasteiger partial charge in [-0.1, -0.05) is 45.2 Å². The molecule has 1 aromatic carbocycles. The summed E-state index contributed by atoms with van der Waals surface area (Å²) in [6, 6.07) is 6.49. The second kappa shape index (κ2) is 13.1. The maximum atomic E-state index is 13.2. The van der Waals surface area contributed by atoms with Crippen LogP contribution in [0.1, 0.15) is 70.8 Å². The van der Waals surface area contributed by atoms with Crippen LogP contribution in [0.2, 0.25) is 0 Å². The third kappa shape index (κ3) is 7.12. The highest BCUT2D eigenvalue weighted by Crippen LogP contribution is 2.32. The lowest BCUT2D eigenvalue weighted by atomic mass is 9.93. The Balaban J connectivity index is 2.10. The number of carbonyl (C=O) groups is 4. The second-order valence-corrected chi connectivity index (χ2v) is 8.71. The summed E-state index contributed by atoms with van der Waals surface area (Å²) in [6.45, 7) is 3.76. The van der Waals surface area contributed by atoms with Crippen LogP contribution in [0.5, 0.6) is 5.75 Å². The molecule has 1 heterocycles. The Morgan fingerprint density at radius 2 is 1.70 bits per heavy atom. The SMILES string of the molecule is CCCC1C(=O)N(C(Cc2ccc(OC)cc2)C(=O)CCCCCCC(=O)NO)C(=O)C1C. The number of rotatable bonds is 14. The van der Waals surface area contributed by atoms with E-state index in [1.165, 1.54) is 4.90 Å². The second-order valence-electron chi connectivity index (χ2n) is 8.71. The van der Waals surface area contributed by atoms with Crippen LogP contribution in [-0.2, 0) is 25.6 Å². The maximum Gasteiger partial charge on any atom is 0.243 e. The number of benzene rings is 1. The Labute approximate surface area is 195 Å². The zero-order valence-corrected chi connectivity index (χ0v) is 19.8. The summed E-state index contributed by atoms with van der Waals surface area (Å²) in [6.07, 6.45) is 4.94. The van der Waals surface area contributed by atoms with E-state index >= 15 is 0 Å². The largest absolute Gasteiger partial charge is 0.497 e. The first-order valence-electron chi connectivity index (χ1n) is 11.8. The van der Waals surface area contributed by atoms with Crippen molar-refractivity contribution in [1.82, 2.24) is 10.4 Å². The van der Waals surface area contributed by atoms with Gasteiger partial charge in [-0.3, -0.25) is 29.3 Å². The number of hydrogen-bond donors (Lipinski definition) is 2. The Morgan fingerprint density at radius 1 is 1.06 bits per heavy atom. The lowest BCUT2D eigenvalue weighted by Crippen LogP contribution is -2.46. The van der Waals surface area contributed by atoms with Crippen molar-refractivity contribution >= 4 is 23.5 Å². The van der Waals surface area contributed by atoms with E-state index < -0.39 is 17.9 Å². The van der Waals surface area contributed by atoms with E-state index in [1.54, 1.807) is 31.6 Å². The highest BCUT2D eigenvalue weighted by Gasteiger charge is 2.48. The summed E-state index contributed by atoms with van der Waals surface area (Å²) in [4.78, 5) is 51.7. The van der Waals surface area contributed by atoms with Gasteiger partial charge in [-0.2, -0.15) is 0 Å². The first-order chi connectivity index (χ1) is 15.8. The first kappa shape index (κ1) is 26.5. The van der Waals surface area contributed by atoms with Gasteiger partial charge in [-0.05, 0) is 37.0 Å². The van der Waals surface area contributed by atoms with Crippen molar-refractivity contribution in [2.75, 3.05) is 7.11 Å². The minimum absolute atomic E-state index is 0.120. The molecule has 1 aliphatic heterocycles. The van der Waals surface area contributed by atoms with Gasteiger partial charge in [-0.15, -0.1) is 0 Å². The minimum Gasteiger partial charge on any atom is -0.497 e. The normalized spacial score (nSPS) is 19.0. The van der Waals surface area contributed by atoms with Gasteiger partial charge in [0.1, 0.15) is 11.8 Å². The number of nitrogens with one attached hydrogen (secondary N) is 1. The van der Waals surface area contributed by atoms with Gasteiger partial charge >= 0.3 is 0 Å². The molecule has 3 unspecified atom stereocenters. The van der Waals surface area contributed by atoms with Gasteiger partial charge in [0.15, 0.2) is 5.78 Å². The molecule has 3 amide bonds. The molecule has 2 N–H and O–H groups in total.